The maximum atomic E-state index is 13.4. The molecular formula is C86H104ClF3N12O17S2. The van der Waals surface area contributed by atoms with E-state index in [0.717, 1.165) is 52.6 Å². The first-order valence-corrected chi connectivity index (χ1v) is 43.1. The topological polar surface area (TPSA) is 354 Å². The van der Waals surface area contributed by atoms with Gasteiger partial charge in [-0.2, -0.15) is 0 Å². The smallest absolute Gasteiger partial charge is 0.453 e. The van der Waals surface area contributed by atoms with Crippen LogP contribution < -0.4 is 44.1 Å². The van der Waals surface area contributed by atoms with Crippen molar-refractivity contribution in [2.45, 2.75) is 178 Å². The van der Waals surface area contributed by atoms with Crippen molar-refractivity contribution in [1.82, 2.24) is 24.3 Å². The number of benzene rings is 8. The number of nitrogens with one attached hydrogen (secondary N) is 1. The molecule has 9 atom stereocenters. The second kappa shape index (κ2) is 38.9. The minimum Gasteiger partial charge on any atom is -0.453 e. The van der Waals surface area contributed by atoms with Crippen LogP contribution in [0.5, 0.6) is 40.2 Å². The molecule has 14 rings (SSSR count). The third-order valence-electron chi connectivity index (χ3n) is 19.8. The zero-order valence-corrected chi connectivity index (χ0v) is 71.9. The molecule has 29 nitrogen and oxygen atoms in total. The standard InChI is InChI=1S/C29H30F3N3O7S.C22H25N5O4.C22H27N3O4.C7H7ClO2S.C6H15N/c1-28(2,3)42-27(37)34-16-20(33-43(38,39)19-14-12-18(13-15-19)41-29(30,31)32)26(36)23(17-34)35-21-8-4-6-10-24(21)40-25-11-7-5-9-22(25)35;1-22(2,3)31-21(29)26-12-14(24-25-23)20(28)17(13-26)27-15-8-4-6-10-18(15)30-19-11-7-5-9-16(19)27;1-22(2,3)29-21(27)24-12-14(23)20(26)17(13-24)25-15-8-4-6-10-18(15)28-19-11-7-5-9-16(19)25;1-6-2-4-7(5-3-6)11(8,9)10;1-4-7(5-2)6-3/h4-15,20,23,26,33,36H,16-17H2,1-3H3;4-11,14,17,20,28H,12-13H2,1-3H3;4-11,14,17,20,26H,12-13,23H2,1-3H3;2-5H,1H3;4-6H2,1-3H3/t20-,23?,26+;2*14-,17?,20+;;/m111../s1. The first kappa shape index (κ1) is 92.5. The number of rotatable bonds is 12. The maximum Gasteiger partial charge on any atom is 0.573 e. The molecule has 0 aromatic heterocycles. The fraction of sp³-hybridized carbons (Fsp3) is 0.407. The Hall–Kier alpha value is -10.8. The summed E-state index contributed by atoms with van der Waals surface area (Å²) >= 11 is 0. The summed E-state index contributed by atoms with van der Waals surface area (Å²) in [4.78, 5) is 54.0. The van der Waals surface area contributed by atoms with Gasteiger partial charge in [-0.1, -0.05) is 116 Å². The first-order chi connectivity index (χ1) is 57.0. The molecule has 35 heteroatoms. The lowest BCUT2D eigenvalue weighted by Crippen LogP contribution is -2.66. The van der Waals surface area contributed by atoms with Gasteiger partial charge in [0.15, 0.2) is 34.5 Å². The average Bonchev–Trinajstić information content (AvgIpc) is 0.760. The summed E-state index contributed by atoms with van der Waals surface area (Å²) in [7, 11) is -2.85. The van der Waals surface area contributed by atoms with Crippen molar-refractivity contribution in [2.24, 2.45) is 10.8 Å². The van der Waals surface area contributed by atoms with Gasteiger partial charge in [-0.25, -0.2) is 35.9 Å². The van der Waals surface area contributed by atoms with E-state index in [-0.39, 0.29) is 49.1 Å². The lowest BCUT2D eigenvalue weighted by molar-refractivity contribution is -0.274. The Morgan fingerprint density at radius 1 is 0.496 bits per heavy atom. The third kappa shape index (κ3) is 23.9. The van der Waals surface area contributed by atoms with E-state index < -0.39 is 121 Å². The van der Waals surface area contributed by atoms with Gasteiger partial charge in [0.25, 0.3) is 9.05 Å². The van der Waals surface area contributed by atoms with Gasteiger partial charge in [0.1, 0.15) is 22.6 Å². The molecule has 0 spiro atoms. The Bertz CT molecular complexity index is 5050. The van der Waals surface area contributed by atoms with Gasteiger partial charge in [0, 0.05) is 54.9 Å². The normalized spacial score (nSPS) is 20.4. The lowest BCUT2D eigenvalue weighted by atomic mass is 9.94. The summed E-state index contributed by atoms with van der Waals surface area (Å²) in [6.07, 6.45) is -9.79. The van der Waals surface area contributed by atoms with Crippen molar-refractivity contribution in [1.29, 1.82) is 0 Å². The Morgan fingerprint density at radius 3 is 1.12 bits per heavy atom. The van der Waals surface area contributed by atoms with E-state index in [1.807, 2.05) is 135 Å². The van der Waals surface area contributed by atoms with Gasteiger partial charge in [0.05, 0.1) is 98.5 Å². The number of aryl methyl sites for hydroxylation is 1. The molecule has 6 aliphatic rings. The molecule has 6 N–H and O–H groups in total. The highest BCUT2D eigenvalue weighted by molar-refractivity contribution is 8.13. The number of halogens is 4. The first-order valence-electron chi connectivity index (χ1n) is 39.3. The highest BCUT2D eigenvalue weighted by Crippen LogP contribution is 2.52. The number of amides is 3. The fourth-order valence-corrected chi connectivity index (χ4v) is 16.2. The number of ether oxygens (including phenoxy) is 7. The molecule has 0 radical (unpaired) electrons. The molecule has 8 aromatic rings. The predicted molar refractivity (Wildman–Crippen MR) is 454 cm³/mol. The molecule has 650 valence electrons. The molecule has 3 saturated heterocycles. The van der Waals surface area contributed by atoms with Crippen LogP contribution in [0.1, 0.15) is 88.6 Å². The number of anilines is 6. The van der Waals surface area contributed by atoms with Crippen LogP contribution in [-0.4, -0.2) is 207 Å². The Labute approximate surface area is 707 Å². The SMILES string of the molecule is CC(C)(C)OC(=O)N1CC(N2c3ccccc3Oc3ccccc32)[C@@H](O)[C@H](N)C1.CC(C)(C)OC(=O)N1CC(N2c3ccccc3Oc3ccccc32)[C@@H](O)[C@H](N=[N+]=[N-])C1.CC(C)(C)OC(=O)N1CC(N2c3ccccc3Oc3ccccc32)[C@@H](O)[C@H](NS(=O)(=O)c2ccc(OC(F)(F)F)cc2)C1.CCN(CC)CC.Cc1ccc(S(=O)(=O)Cl)cc1. The van der Waals surface area contributed by atoms with E-state index in [1.165, 1.54) is 41.6 Å². The second-order valence-electron chi connectivity index (χ2n) is 32.1. The average molecular weight is 1730 g/mol. The van der Waals surface area contributed by atoms with E-state index in [2.05, 4.69) is 45.2 Å². The molecule has 0 aliphatic carbocycles. The molecule has 6 heterocycles. The number of hydrogen-bond acceptors (Lipinski definition) is 23. The monoisotopic (exact) mass is 1730 g/mol. The Kier molecular flexibility index (Phi) is 29.8. The minimum absolute atomic E-state index is 0.0273. The number of carbonyl (C=O) groups excluding carboxylic acids is 3. The number of sulfonamides is 1. The van der Waals surface area contributed by atoms with E-state index in [4.69, 9.17) is 50.4 Å². The summed E-state index contributed by atoms with van der Waals surface area (Å²) in [6, 6.07) is 50.0. The minimum atomic E-state index is -4.94. The molecular weight excluding hydrogens is 1630 g/mol. The summed E-state index contributed by atoms with van der Waals surface area (Å²) in [5.74, 6) is 3.08. The summed E-state index contributed by atoms with van der Waals surface area (Å²) in [5.41, 5.74) is 18.5. The second-order valence-corrected chi connectivity index (χ2v) is 36.4. The number of azide groups is 1. The van der Waals surface area contributed by atoms with Crippen LogP contribution in [0.2, 0.25) is 0 Å². The van der Waals surface area contributed by atoms with E-state index in [1.54, 1.807) is 112 Å². The number of alkyl halides is 3. The van der Waals surface area contributed by atoms with Crippen LogP contribution in [0.25, 0.3) is 10.4 Å². The summed E-state index contributed by atoms with van der Waals surface area (Å²) in [6.45, 7) is 28.5. The highest BCUT2D eigenvalue weighted by atomic mass is 35.7. The van der Waals surface area contributed by atoms with Gasteiger partial charge in [-0.15, -0.1) is 13.2 Å². The fourth-order valence-electron chi connectivity index (χ4n) is 14.2. The molecule has 0 saturated carbocycles. The number of carbonyl (C=O) groups is 3. The van der Waals surface area contributed by atoms with Gasteiger partial charge in [-0.3, -0.25) is 0 Å². The van der Waals surface area contributed by atoms with Crippen molar-refractivity contribution in [3.05, 3.63) is 210 Å². The maximum absolute atomic E-state index is 13.4. The van der Waals surface area contributed by atoms with Crippen LogP contribution in [0.4, 0.5) is 61.7 Å². The van der Waals surface area contributed by atoms with Crippen LogP contribution in [-0.2, 0) is 33.3 Å². The van der Waals surface area contributed by atoms with Crippen LogP contribution >= 0.6 is 10.7 Å². The number of aliphatic hydroxyl groups excluding tert-OH is 3. The largest absolute Gasteiger partial charge is 0.573 e. The number of likely N-dealkylation sites (tertiary alicyclic amines) is 3. The number of nitrogens with zero attached hydrogens (tertiary/aromatic N) is 10. The number of para-hydroxylation sites is 12. The molecule has 0 bridgehead atoms. The zero-order valence-electron chi connectivity index (χ0n) is 69.5. The van der Waals surface area contributed by atoms with Crippen molar-refractivity contribution < 1.29 is 92.9 Å². The van der Waals surface area contributed by atoms with Crippen molar-refractivity contribution in [3.63, 3.8) is 0 Å². The van der Waals surface area contributed by atoms with Gasteiger partial charge >= 0.3 is 24.6 Å². The number of aliphatic hydroxyl groups is 3. The molecule has 3 unspecified atom stereocenters. The van der Waals surface area contributed by atoms with Gasteiger partial charge in [0.2, 0.25) is 10.0 Å². The quantitative estimate of drug-likeness (QED) is 0.0249. The number of nitrogens with two attached hydrogens (primary N) is 1. The van der Waals surface area contributed by atoms with Crippen molar-refractivity contribution in [3.8, 4) is 40.2 Å². The molecule has 8 aromatic carbocycles. The zero-order chi connectivity index (χ0) is 88.3. The van der Waals surface area contributed by atoms with Crippen LogP contribution in [0.3, 0.4) is 0 Å². The molecule has 3 fully saturated rings. The summed E-state index contributed by atoms with van der Waals surface area (Å²) in [5, 5.41) is 37.6. The molecule has 6 aliphatic heterocycles. The van der Waals surface area contributed by atoms with Crippen molar-refractivity contribution >= 4 is 82.2 Å². The third-order valence-corrected chi connectivity index (χ3v) is 22.7. The van der Waals surface area contributed by atoms with Crippen LogP contribution in [0.15, 0.2) is 209 Å². The summed E-state index contributed by atoms with van der Waals surface area (Å²) < 4.78 is 127. The Balaban J connectivity index is 0.000000175. The van der Waals surface area contributed by atoms with Crippen molar-refractivity contribution in [2.75, 3.05) is 73.6 Å². The Morgan fingerprint density at radius 2 is 0.810 bits per heavy atom. The van der Waals surface area contributed by atoms with Gasteiger partial charge in [-0.05, 0) is 204 Å². The predicted octanol–water partition coefficient (Wildman–Crippen LogP) is 16.3. The molecule has 121 heavy (non-hydrogen) atoms. The van der Waals surface area contributed by atoms with Crippen LogP contribution in [0, 0.1) is 6.92 Å². The van der Waals surface area contributed by atoms with E-state index in [9.17, 15) is 59.7 Å². The number of piperidine rings is 3. The highest BCUT2D eigenvalue weighted by Gasteiger charge is 2.49. The van der Waals surface area contributed by atoms with Gasteiger partial charge < -0.3 is 88.5 Å². The van der Waals surface area contributed by atoms with E-state index >= 15 is 0 Å². The van der Waals surface area contributed by atoms with E-state index in [0.29, 0.717) is 45.9 Å². The molecule has 3 amide bonds. The number of hydrogen-bond donors (Lipinski definition) is 5. The lowest BCUT2D eigenvalue weighted by Gasteiger charge is -2.48. The number of fused-ring (bicyclic) bond motifs is 6.